The first kappa shape index (κ1) is 13.0. The lowest BCUT2D eigenvalue weighted by Gasteiger charge is -1.97. The summed E-state index contributed by atoms with van der Waals surface area (Å²) >= 11 is 0. The first-order chi connectivity index (χ1) is 11.9. The number of pyridine rings is 1. The van der Waals surface area contributed by atoms with Gasteiger partial charge in [0.25, 0.3) is 0 Å². The highest BCUT2D eigenvalue weighted by molar-refractivity contribution is 5.78. The Morgan fingerprint density at radius 3 is 2.00 bits per heavy atom. The van der Waals surface area contributed by atoms with E-state index < -0.39 is 0 Å². The number of aromatic nitrogens is 3. The van der Waals surface area contributed by atoms with Crippen LogP contribution in [0.15, 0.2) is 75.7 Å². The molecule has 3 heterocycles. The molecule has 3 aromatic heterocycles. The second kappa shape index (κ2) is 5.03. The number of hydrogen-bond acceptors (Lipinski definition) is 5. The summed E-state index contributed by atoms with van der Waals surface area (Å²) in [4.78, 5) is 13.4. The molecule has 24 heavy (non-hydrogen) atoms. The SMILES string of the molecule is c1ccc2oc(-c3ccnc(-c4nc5ccccc5o4)c3)nc2c1. The van der Waals surface area contributed by atoms with E-state index in [9.17, 15) is 0 Å². The third kappa shape index (κ3) is 2.06. The number of nitrogens with zero attached hydrogens (tertiary/aromatic N) is 3. The van der Waals surface area contributed by atoms with E-state index in [1.807, 2.05) is 60.7 Å². The van der Waals surface area contributed by atoms with Gasteiger partial charge in [-0.2, -0.15) is 0 Å². The minimum Gasteiger partial charge on any atom is -0.436 e. The normalized spacial score (nSPS) is 11.3. The van der Waals surface area contributed by atoms with Gasteiger partial charge in [-0.1, -0.05) is 24.3 Å². The average molecular weight is 313 g/mol. The predicted molar refractivity (Wildman–Crippen MR) is 90.2 cm³/mol. The van der Waals surface area contributed by atoms with E-state index in [4.69, 9.17) is 8.83 Å². The van der Waals surface area contributed by atoms with Gasteiger partial charge in [0, 0.05) is 11.8 Å². The quantitative estimate of drug-likeness (QED) is 0.472. The second-order valence-corrected chi connectivity index (χ2v) is 5.40. The van der Waals surface area contributed by atoms with Crippen LogP contribution >= 0.6 is 0 Å². The van der Waals surface area contributed by atoms with Crippen molar-refractivity contribution in [3.63, 3.8) is 0 Å². The molecule has 5 nitrogen and oxygen atoms in total. The van der Waals surface area contributed by atoms with Crippen molar-refractivity contribution < 1.29 is 8.83 Å². The standard InChI is InChI=1S/C19H11N3O2/c1-3-7-16-13(5-1)21-18(23-16)12-9-10-20-15(11-12)19-22-14-6-2-4-8-17(14)24-19/h1-11H. The van der Waals surface area contributed by atoms with Gasteiger partial charge in [0.05, 0.1) is 0 Å². The fraction of sp³-hybridized carbons (Fsp3) is 0. The Morgan fingerprint density at radius 2 is 1.29 bits per heavy atom. The smallest absolute Gasteiger partial charge is 0.246 e. The number of fused-ring (bicyclic) bond motifs is 2. The van der Waals surface area contributed by atoms with Gasteiger partial charge in [-0.15, -0.1) is 0 Å². The zero-order valence-corrected chi connectivity index (χ0v) is 12.5. The zero-order chi connectivity index (χ0) is 15.9. The largest absolute Gasteiger partial charge is 0.436 e. The minimum atomic E-state index is 0.481. The number of oxazole rings is 2. The fourth-order valence-electron chi connectivity index (χ4n) is 2.66. The van der Waals surface area contributed by atoms with Crippen molar-refractivity contribution in [3.05, 3.63) is 66.9 Å². The molecule has 0 aliphatic heterocycles. The Kier molecular flexibility index (Phi) is 2.72. The fourth-order valence-corrected chi connectivity index (χ4v) is 2.66. The van der Waals surface area contributed by atoms with Gasteiger partial charge in [-0.3, -0.25) is 4.98 Å². The van der Waals surface area contributed by atoms with Crippen molar-refractivity contribution in [2.24, 2.45) is 0 Å². The highest BCUT2D eigenvalue weighted by atomic mass is 16.4. The molecule has 0 aliphatic carbocycles. The lowest BCUT2D eigenvalue weighted by Crippen LogP contribution is -1.85. The average Bonchev–Trinajstić information content (AvgIpc) is 3.26. The molecule has 5 heteroatoms. The third-order valence-corrected chi connectivity index (χ3v) is 3.81. The maximum atomic E-state index is 5.81. The van der Waals surface area contributed by atoms with Crippen LogP contribution in [0, 0.1) is 0 Å². The summed E-state index contributed by atoms with van der Waals surface area (Å²) in [5.41, 5.74) is 4.60. The van der Waals surface area contributed by atoms with E-state index in [-0.39, 0.29) is 0 Å². The molecule has 0 bridgehead atoms. The Labute approximate surface area is 136 Å². The van der Waals surface area contributed by atoms with Crippen molar-refractivity contribution >= 4 is 22.2 Å². The van der Waals surface area contributed by atoms with Gasteiger partial charge < -0.3 is 8.83 Å². The minimum absolute atomic E-state index is 0.481. The molecule has 5 rings (SSSR count). The van der Waals surface area contributed by atoms with Crippen LogP contribution in [0.1, 0.15) is 0 Å². The summed E-state index contributed by atoms with van der Waals surface area (Å²) in [6.07, 6.45) is 1.70. The molecule has 0 unspecified atom stereocenters. The van der Waals surface area contributed by atoms with Gasteiger partial charge in [0.15, 0.2) is 11.2 Å². The molecular formula is C19H11N3O2. The Morgan fingerprint density at radius 1 is 0.667 bits per heavy atom. The molecule has 0 saturated carbocycles. The molecular weight excluding hydrogens is 302 g/mol. The Hall–Kier alpha value is -3.47. The van der Waals surface area contributed by atoms with Crippen molar-refractivity contribution in [3.8, 4) is 23.0 Å². The van der Waals surface area contributed by atoms with Gasteiger partial charge in [0.2, 0.25) is 11.8 Å². The van der Waals surface area contributed by atoms with Gasteiger partial charge >= 0.3 is 0 Å². The van der Waals surface area contributed by atoms with Crippen LogP contribution in [0.2, 0.25) is 0 Å². The zero-order valence-electron chi connectivity index (χ0n) is 12.5. The highest BCUT2D eigenvalue weighted by Gasteiger charge is 2.13. The first-order valence-corrected chi connectivity index (χ1v) is 7.55. The van der Waals surface area contributed by atoms with Gasteiger partial charge in [0.1, 0.15) is 16.7 Å². The van der Waals surface area contributed by atoms with Crippen molar-refractivity contribution in [1.82, 2.24) is 15.0 Å². The van der Waals surface area contributed by atoms with Crippen LogP contribution in [0.5, 0.6) is 0 Å². The van der Waals surface area contributed by atoms with E-state index >= 15 is 0 Å². The van der Waals surface area contributed by atoms with Crippen LogP contribution in [0.3, 0.4) is 0 Å². The molecule has 0 spiro atoms. The molecule has 0 amide bonds. The van der Waals surface area contributed by atoms with Crippen LogP contribution in [0.4, 0.5) is 0 Å². The maximum Gasteiger partial charge on any atom is 0.246 e. The maximum absolute atomic E-state index is 5.81. The number of benzene rings is 2. The van der Waals surface area contributed by atoms with E-state index in [0.29, 0.717) is 17.5 Å². The number of hydrogen-bond donors (Lipinski definition) is 0. The van der Waals surface area contributed by atoms with Crippen LogP contribution in [0.25, 0.3) is 45.2 Å². The number of para-hydroxylation sites is 4. The summed E-state index contributed by atoms with van der Waals surface area (Å²) in [6.45, 7) is 0. The topological polar surface area (TPSA) is 65.0 Å². The summed E-state index contributed by atoms with van der Waals surface area (Å²) < 4.78 is 11.6. The highest BCUT2D eigenvalue weighted by Crippen LogP contribution is 2.28. The third-order valence-electron chi connectivity index (χ3n) is 3.81. The van der Waals surface area contributed by atoms with E-state index in [0.717, 1.165) is 27.8 Å². The molecule has 0 aliphatic rings. The molecule has 0 saturated heterocycles. The number of rotatable bonds is 2. The molecule has 2 aromatic carbocycles. The van der Waals surface area contributed by atoms with Gasteiger partial charge in [-0.05, 0) is 36.4 Å². The molecule has 0 radical (unpaired) electrons. The predicted octanol–water partition coefficient (Wildman–Crippen LogP) is 4.70. The van der Waals surface area contributed by atoms with Crippen molar-refractivity contribution in [2.45, 2.75) is 0 Å². The first-order valence-electron chi connectivity index (χ1n) is 7.55. The second-order valence-electron chi connectivity index (χ2n) is 5.40. The summed E-state index contributed by atoms with van der Waals surface area (Å²) in [5, 5.41) is 0. The van der Waals surface area contributed by atoms with Crippen molar-refractivity contribution in [2.75, 3.05) is 0 Å². The van der Waals surface area contributed by atoms with Gasteiger partial charge in [-0.25, -0.2) is 9.97 Å². The summed E-state index contributed by atoms with van der Waals surface area (Å²) in [6, 6.07) is 19.0. The molecule has 0 atom stereocenters. The van der Waals surface area contributed by atoms with Crippen LogP contribution < -0.4 is 0 Å². The Balaban J connectivity index is 1.62. The molecule has 0 fully saturated rings. The van der Waals surface area contributed by atoms with Crippen molar-refractivity contribution in [1.29, 1.82) is 0 Å². The lowest BCUT2D eigenvalue weighted by molar-refractivity contribution is 0.615. The molecule has 114 valence electrons. The molecule has 0 N–H and O–H groups in total. The summed E-state index contributed by atoms with van der Waals surface area (Å²) in [5.74, 6) is 1.03. The van der Waals surface area contributed by atoms with E-state index in [1.165, 1.54) is 0 Å². The van der Waals surface area contributed by atoms with Crippen LogP contribution in [-0.2, 0) is 0 Å². The molecule has 5 aromatic rings. The summed E-state index contributed by atoms with van der Waals surface area (Å²) in [7, 11) is 0. The lowest BCUT2D eigenvalue weighted by atomic mass is 10.2. The van der Waals surface area contributed by atoms with Crippen LogP contribution in [-0.4, -0.2) is 15.0 Å². The van der Waals surface area contributed by atoms with E-state index in [2.05, 4.69) is 15.0 Å². The Bertz CT molecular complexity index is 1020. The van der Waals surface area contributed by atoms with E-state index in [1.54, 1.807) is 6.20 Å². The monoisotopic (exact) mass is 313 g/mol.